The van der Waals surface area contributed by atoms with Crippen LogP contribution in [0.4, 0.5) is 18.9 Å². The van der Waals surface area contributed by atoms with Crippen molar-refractivity contribution in [3.05, 3.63) is 59.7 Å². The zero-order valence-electron chi connectivity index (χ0n) is 14.3. The molecule has 1 N–H and O–H groups in total. The smallest absolute Gasteiger partial charge is 0.329 e. The number of hydrogen-bond acceptors (Lipinski definition) is 3. The van der Waals surface area contributed by atoms with Gasteiger partial charge in [-0.15, -0.1) is 0 Å². The molecule has 136 valence electrons. The maximum Gasteiger partial charge on any atom is 0.434 e. The van der Waals surface area contributed by atoms with Crippen LogP contribution in [0.25, 0.3) is 5.69 Å². The van der Waals surface area contributed by atoms with Gasteiger partial charge in [-0.05, 0) is 38.1 Å². The van der Waals surface area contributed by atoms with Gasteiger partial charge in [0, 0.05) is 30.3 Å². The molecule has 9 heteroatoms. The first-order chi connectivity index (χ1) is 12.2. The number of anilines is 1. The summed E-state index contributed by atoms with van der Waals surface area (Å²) in [5, 5.41) is 2.55. The maximum absolute atomic E-state index is 12.7. The molecule has 3 aromatic rings. The summed E-state index contributed by atoms with van der Waals surface area (Å²) in [6.45, 7) is 3.85. The van der Waals surface area contributed by atoms with E-state index < -0.39 is 17.8 Å². The number of alkyl halides is 3. The van der Waals surface area contributed by atoms with Gasteiger partial charge in [0.2, 0.25) is 0 Å². The summed E-state index contributed by atoms with van der Waals surface area (Å²) in [6.07, 6.45) is -2.12. The molecule has 2 heterocycles. The highest BCUT2D eigenvalue weighted by Gasteiger charge is 2.35. The van der Waals surface area contributed by atoms with Gasteiger partial charge < -0.3 is 14.5 Å². The number of halogens is 3. The molecule has 3 rings (SSSR count). The quantitative estimate of drug-likeness (QED) is 0.775. The molecule has 0 aliphatic carbocycles. The third-order valence-electron chi connectivity index (χ3n) is 4.03. The van der Waals surface area contributed by atoms with Crippen LogP contribution in [-0.2, 0) is 13.2 Å². The number of aryl methyl sites for hydroxylation is 2. The van der Waals surface area contributed by atoms with Crippen molar-refractivity contribution in [1.29, 1.82) is 0 Å². The average molecular weight is 363 g/mol. The Kier molecular flexibility index (Phi) is 4.31. The Labute approximate surface area is 147 Å². The summed E-state index contributed by atoms with van der Waals surface area (Å²) in [7, 11) is 1.34. The van der Waals surface area contributed by atoms with Crippen molar-refractivity contribution < 1.29 is 18.0 Å². The van der Waals surface area contributed by atoms with Crippen LogP contribution in [0.2, 0.25) is 0 Å². The number of nitrogens with one attached hydrogen (secondary N) is 1. The number of hydrogen-bond donors (Lipinski definition) is 1. The maximum atomic E-state index is 12.7. The first-order valence-electron chi connectivity index (χ1n) is 7.69. The van der Waals surface area contributed by atoms with E-state index in [1.165, 1.54) is 7.05 Å². The Hall–Kier alpha value is -3.10. The molecule has 0 fully saturated rings. The summed E-state index contributed by atoms with van der Waals surface area (Å²) in [4.78, 5) is 19.8. The third kappa shape index (κ3) is 3.32. The van der Waals surface area contributed by atoms with Crippen molar-refractivity contribution in [2.24, 2.45) is 7.05 Å². The van der Waals surface area contributed by atoms with Crippen LogP contribution in [-0.4, -0.2) is 25.0 Å². The number of nitrogens with zero attached hydrogens (tertiary/aromatic N) is 4. The second kappa shape index (κ2) is 6.32. The molecule has 0 atom stereocenters. The SMILES string of the molecule is Cc1ncn(-c2ccc(NC(=O)c3nc(C(F)(F)F)cn3C)cc2)c1C. The van der Waals surface area contributed by atoms with Crippen LogP contribution in [0, 0.1) is 13.8 Å². The number of carbonyl (C=O) groups is 1. The molecular formula is C17H16F3N5O. The first kappa shape index (κ1) is 17.7. The van der Waals surface area contributed by atoms with Crippen LogP contribution in [0.3, 0.4) is 0 Å². The molecule has 26 heavy (non-hydrogen) atoms. The van der Waals surface area contributed by atoms with Gasteiger partial charge in [0.05, 0.1) is 12.0 Å². The average Bonchev–Trinajstić information content (AvgIpc) is 3.12. The van der Waals surface area contributed by atoms with Crippen LogP contribution in [0.5, 0.6) is 0 Å². The van der Waals surface area contributed by atoms with E-state index in [0.29, 0.717) is 5.69 Å². The van der Waals surface area contributed by atoms with Gasteiger partial charge in [0.15, 0.2) is 11.5 Å². The van der Waals surface area contributed by atoms with E-state index in [-0.39, 0.29) is 5.82 Å². The van der Waals surface area contributed by atoms with Crippen molar-refractivity contribution in [3.63, 3.8) is 0 Å². The highest BCUT2D eigenvalue weighted by molar-refractivity contribution is 6.01. The Bertz CT molecular complexity index is 954. The number of amides is 1. The lowest BCUT2D eigenvalue weighted by atomic mass is 10.2. The topological polar surface area (TPSA) is 64.7 Å². The van der Waals surface area contributed by atoms with Gasteiger partial charge in [0.1, 0.15) is 0 Å². The lowest BCUT2D eigenvalue weighted by molar-refractivity contribution is -0.141. The van der Waals surface area contributed by atoms with Gasteiger partial charge in [-0.2, -0.15) is 13.2 Å². The monoisotopic (exact) mass is 363 g/mol. The van der Waals surface area contributed by atoms with Gasteiger partial charge in [-0.25, -0.2) is 9.97 Å². The summed E-state index contributed by atoms with van der Waals surface area (Å²) < 4.78 is 41.0. The van der Waals surface area contributed by atoms with Crippen molar-refractivity contribution in [2.75, 3.05) is 5.32 Å². The molecule has 0 spiro atoms. The number of rotatable bonds is 3. The van der Waals surface area contributed by atoms with Crippen molar-refractivity contribution in [1.82, 2.24) is 19.1 Å². The Morgan fingerprint density at radius 1 is 1.15 bits per heavy atom. The molecule has 0 radical (unpaired) electrons. The normalized spacial score (nSPS) is 11.6. The van der Waals surface area contributed by atoms with E-state index in [4.69, 9.17) is 0 Å². The predicted molar refractivity (Wildman–Crippen MR) is 89.2 cm³/mol. The van der Waals surface area contributed by atoms with E-state index in [2.05, 4.69) is 15.3 Å². The van der Waals surface area contributed by atoms with E-state index in [0.717, 1.165) is 27.8 Å². The standard InChI is InChI=1S/C17H16F3N5O/c1-10-11(2)25(9-21-10)13-6-4-12(5-7-13)22-16(26)15-23-14(8-24(15)3)17(18,19)20/h4-9H,1-3H3,(H,22,26). The van der Waals surface area contributed by atoms with E-state index in [1.807, 2.05) is 18.4 Å². The lowest BCUT2D eigenvalue weighted by Gasteiger charge is -2.08. The summed E-state index contributed by atoms with van der Waals surface area (Å²) in [5.74, 6) is -1.03. The van der Waals surface area contributed by atoms with Gasteiger partial charge in [-0.1, -0.05) is 0 Å². The molecule has 0 unspecified atom stereocenters. The Morgan fingerprint density at radius 2 is 1.81 bits per heavy atom. The van der Waals surface area contributed by atoms with Gasteiger partial charge in [0.25, 0.3) is 5.91 Å². The Morgan fingerprint density at radius 3 is 2.31 bits per heavy atom. The minimum absolute atomic E-state index is 0.317. The molecule has 0 aliphatic heterocycles. The van der Waals surface area contributed by atoms with Gasteiger partial charge >= 0.3 is 6.18 Å². The highest BCUT2D eigenvalue weighted by Crippen LogP contribution is 2.28. The molecule has 6 nitrogen and oxygen atoms in total. The summed E-state index contributed by atoms with van der Waals surface area (Å²) in [6, 6.07) is 6.89. The predicted octanol–water partition coefficient (Wildman–Crippen LogP) is 3.49. The molecule has 0 saturated carbocycles. The van der Waals surface area contributed by atoms with E-state index in [1.54, 1.807) is 30.6 Å². The van der Waals surface area contributed by atoms with E-state index in [9.17, 15) is 18.0 Å². The van der Waals surface area contributed by atoms with Gasteiger partial charge in [-0.3, -0.25) is 4.79 Å². The minimum Gasteiger partial charge on any atom is -0.329 e. The van der Waals surface area contributed by atoms with Crippen LogP contribution in [0.1, 0.15) is 27.7 Å². The van der Waals surface area contributed by atoms with Crippen LogP contribution >= 0.6 is 0 Å². The second-order valence-electron chi connectivity index (χ2n) is 5.84. The molecule has 0 saturated heterocycles. The fourth-order valence-corrected chi connectivity index (χ4v) is 2.47. The Balaban J connectivity index is 1.78. The highest BCUT2D eigenvalue weighted by atomic mass is 19.4. The first-order valence-corrected chi connectivity index (χ1v) is 7.69. The minimum atomic E-state index is -4.60. The lowest BCUT2D eigenvalue weighted by Crippen LogP contribution is -2.17. The largest absolute Gasteiger partial charge is 0.434 e. The molecule has 1 amide bonds. The summed E-state index contributed by atoms with van der Waals surface area (Å²) in [5.41, 5.74) is 2.11. The fourth-order valence-electron chi connectivity index (χ4n) is 2.47. The number of aromatic nitrogens is 4. The van der Waals surface area contributed by atoms with Crippen molar-refractivity contribution in [2.45, 2.75) is 20.0 Å². The zero-order chi connectivity index (χ0) is 19.1. The fraction of sp³-hybridized carbons (Fsp3) is 0.235. The van der Waals surface area contributed by atoms with Crippen LogP contribution < -0.4 is 5.32 Å². The molecule has 0 aliphatic rings. The van der Waals surface area contributed by atoms with Crippen LogP contribution in [0.15, 0.2) is 36.8 Å². The molecule has 2 aromatic heterocycles. The molecular weight excluding hydrogens is 347 g/mol. The van der Waals surface area contributed by atoms with Crippen molar-refractivity contribution in [3.8, 4) is 5.69 Å². The van der Waals surface area contributed by atoms with Crippen molar-refractivity contribution >= 4 is 11.6 Å². The number of imidazole rings is 2. The third-order valence-corrected chi connectivity index (χ3v) is 4.03. The number of carbonyl (C=O) groups excluding carboxylic acids is 1. The molecule has 0 bridgehead atoms. The summed E-state index contributed by atoms with van der Waals surface area (Å²) >= 11 is 0. The van der Waals surface area contributed by atoms with E-state index >= 15 is 0 Å². The zero-order valence-corrected chi connectivity index (χ0v) is 14.3. The number of benzene rings is 1. The second-order valence-corrected chi connectivity index (χ2v) is 5.84. The molecule has 1 aromatic carbocycles.